The molecule has 140 valence electrons. The molecule has 27 heavy (non-hydrogen) atoms. The molecule has 1 aliphatic rings. The zero-order valence-electron chi connectivity index (χ0n) is 15.4. The fourth-order valence-corrected chi connectivity index (χ4v) is 3.36. The Morgan fingerprint density at radius 1 is 1.11 bits per heavy atom. The summed E-state index contributed by atoms with van der Waals surface area (Å²) in [7, 11) is 0. The van der Waals surface area contributed by atoms with Crippen LogP contribution in [0.15, 0.2) is 42.5 Å². The number of nitrogens with zero attached hydrogens (tertiary/aromatic N) is 3. The summed E-state index contributed by atoms with van der Waals surface area (Å²) in [5, 5.41) is 12.5. The molecular weight excluding hydrogens is 360 g/mol. The summed E-state index contributed by atoms with van der Waals surface area (Å²) in [5.74, 6) is -0.0130. The topological polar surface area (TPSA) is 59.4 Å². The van der Waals surface area contributed by atoms with Gasteiger partial charge in [0.15, 0.2) is 0 Å². The van der Waals surface area contributed by atoms with E-state index in [0.29, 0.717) is 17.1 Å². The summed E-state index contributed by atoms with van der Waals surface area (Å²) in [6.07, 6.45) is 0. The third-order valence-electron chi connectivity index (χ3n) is 4.86. The second-order valence-corrected chi connectivity index (χ2v) is 7.23. The van der Waals surface area contributed by atoms with E-state index in [9.17, 15) is 4.79 Å². The molecule has 6 heteroatoms. The molecule has 0 saturated carbocycles. The van der Waals surface area contributed by atoms with Crippen LogP contribution in [0.3, 0.4) is 0 Å². The Morgan fingerprint density at radius 2 is 1.78 bits per heavy atom. The molecule has 1 aliphatic heterocycles. The Labute approximate surface area is 165 Å². The van der Waals surface area contributed by atoms with Crippen molar-refractivity contribution >= 4 is 23.2 Å². The maximum absolute atomic E-state index is 12.3. The summed E-state index contributed by atoms with van der Waals surface area (Å²) < 4.78 is 0. The van der Waals surface area contributed by atoms with E-state index in [2.05, 4.69) is 21.2 Å². The molecule has 5 nitrogen and oxygen atoms in total. The number of carbonyl (C=O) groups excluding carboxylic acids is 1. The minimum atomic E-state index is -0.0130. The van der Waals surface area contributed by atoms with Crippen molar-refractivity contribution in [2.75, 3.05) is 38.0 Å². The number of hydrogen-bond donors (Lipinski definition) is 1. The van der Waals surface area contributed by atoms with E-state index in [0.717, 1.165) is 44.0 Å². The van der Waals surface area contributed by atoms with Crippen LogP contribution in [0.1, 0.15) is 16.7 Å². The Bertz CT molecular complexity index is 836. The second-order valence-electron chi connectivity index (χ2n) is 6.82. The molecule has 2 aromatic carbocycles. The van der Waals surface area contributed by atoms with E-state index in [1.54, 1.807) is 0 Å². The van der Waals surface area contributed by atoms with Gasteiger partial charge in [-0.25, -0.2) is 0 Å². The molecule has 1 amide bonds. The molecule has 1 saturated heterocycles. The van der Waals surface area contributed by atoms with Crippen molar-refractivity contribution in [1.82, 2.24) is 9.80 Å². The maximum atomic E-state index is 12.3. The molecular formula is C21H23ClN4O. The lowest BCUT2D eigenvalue weighted by Gasteiger charge is -2.34. The largest absolute Gasteiger partial charge is 0.325 e. The molecule has 2 aromatic rings. The van der Waals surface area contributed by atoms with Crippen LogP contribution in [-0.4, -0.2) is 48.4 Å². The van der Waals surface area contributed by atoms with Crippen LogP contribution in [-0.2, 0) is 11.3 Å². The normalized spacial score (nSPS) is 15.3. The first-order chi connectivity index (χ1) is 13.0. The van der Waals surface area contributed by atoms with Crippen molar-refractivity contribution in [3.8, 4) is 6.07 Å². The number of carbonyl (C=O) groups is 1. The van der Waals surface area contributed by atoms with Crippen LogP contribution < -0.4 is 5.32 Å². The molecule has 1 heterocycles. The van der Waals surface area contributed by atoms with Crippen LogP contribution in [0.2, 0.25) is 5.02 Å². The summed E-state index contributed by atoms with van der Waals surface area (Å²) in [5.41, 5.74) is 3.55. The van der Waals surface area contributed by atoms with Crippen molar-refractivity contribution in [1.29, 1.82) is 5.26 Å². The molecule has 0 spiro atoms. The lowest BCUT2D eigenvalue weighted by atomic mass is 10.1. The Morgan fingerprint density at radius 3 is 2.44 bits per heavy atom. The fraction of sp³-hybridized carbons (Fsp3) is 0.333. The van der Waals surface area contributed by atoms with E-state index in [1.807, 2.05) is 49.4 Å². The summed E-state index contributed by atoms with van der Waals surface area (Å²) in [6, 6.07) is 15.4. The van der Waals surface area contributed by atoms with Gasteiger partial charge in [-0.15, -0.1) is 0 Å². The predicted octanol–water partition coefficient (Wildman–Crippen LogP) is 3.28. The molecule has 0 aliphatic carbocycles. The smallest absolute Gasteiger partial charge is 0.238 e. The number of rotatable bonds is 5. The van der Waals surface area contributed by atoms with Gasteiger partial charge in [-0.1, -0.05) is 29.8 Å². The van der Waals surface area contributed by atoms with Crippen LogP contribution >= 0.6 is 11.6 Å². The second kappa shape index (κ2) is 9.01. The first kappa shape index (κ1) is 19.4. The van der Waals surface area contributed by atoms with Crippen LogP contribution in [0.5, 0.6) is 0 Å². The summed E-state index contributed by atoms with van der Waals surface area (Å²) >= 11 is 6.11. The van der Waals surface area contributed by atoms with Crippen molar-refractivity contribution in [2.24, 2.45) is 0 Å². The standard InChI is InChI=1S/C21H23ClN4O/c1-16-19(22)3-2-4-20(16)24-21(27)15-26-11-9-25(10-12-26)14-18-7-5-17(13-23)6-8-18/h2-8H,9-12,14-15H2,1H3,(H,24,27). The molecule has 0 bridgehead atoms. The van der Waals surface area contributed by atoms with Gasteiger partial charge in [0.2, 0.25) is 5.91 Å². The first-order valence-electron chi connectivity index (χ1n) is 9.04. The number of halogens is 1. The number of nitriles is 1. The molecule has 0 atom stereocenters. The van der Waals surface area contributed by atoms with Gasteiger partial charge in [-0.05, 0) is 42.3 Å². The SMILES string of the molecule is Cc1c(Cl)cccc1NC(=O)CN1CCN(Cc2ccc(C#N)cc2)CC1. The lowest BCUT2D eigenvalue weighted by Crippen LogP contribution is -2.48. The fourth-order valence-electron chi connectivity index (χ4n) is 3.18. The van der Waals surface area contributed by atoms with Gasteiger partial charge in [0, 0.05) is 43.4 Å². The van der Waals surface area contributed by atoms with Gasteiger partial charge in [0.1, 0.15) is 0 Å². The number of hydrogen-bond acceptors (Lipinski definition) is 4. The van der Waals surface area contributed by atoms with Crippen LogP contribution in [0.4, 0.5) is 5.69 Å². The monoisotopic (exact) mass is 382 g/mol. The van der Waals surface area contributed by atoms with E-state index < -0.39 is 0 Å². The molecule has 0 aromatic heterocycles. The van der Waals surface area contributed by atoms with Gasteiger partial charge in [-0.2, -0.15) is 5.26 Å². The van der Waals surface area contributed by atoms with Gasteiger partial charge < -0.3 is 5.32 Å². The van der Waals surface area contributed by atoms with Gasteiger partial charge in [0.05, 0.1) is 18.2 Å². The molecule has 3 rings (SSSR count). The Hall–Kier alpha value is -2.39. The van der Waals surface area contributed by atoms with Crippen molar-refractivity contribution in [2.45, 2.75) is 13.5 Å². The minimum Gasteiger partial charge on any atom is -0.325 e. The van der Waals surface area contributed by atoms with E-state index >= 15 is 0 Å². The number of anilines is 1. The molecule has 1 N–H and O–H groups in total. The maximum Gasteiger partial charge on any atom is 0.238 e. The predicted molar refractivity (Wildman–Crippen MR) is 108 cm³/mol. The molecule has 1 fully saturated rings. The van der Waals surface area contributed by atoms with Gasteiger partial charge >= 0.3 is 0 Å². The first-order valence-corrected chi connectivity index (χ1v) is 9.41. The van der Waals surface area contributed by atoms with Crippen LogP contribution in [0, 0.1) is 18.3 Å². The highest BCUT2D eigenvalue weighted by molar-refractivity contribution is 6.31. The summed E-state index contributed by atoms with van der Waals surface area (Å²) in [6.45, 7) is 6.72. The number of nitrogens with one attached hydrogen (secondary N) is 1. The molecule has 0 radical (unpaired) electrons. The minimum absolute atomic E-state index is 0.0130. The average molecular weight is 383 g/mol. The van der Waals surface area contributed by atoms with Crippen LogP contribution in [0.25, 0.3) is 0 Å². The highest BCUT2D eigenvalue weighted by atomic mass is 35.5. The summed E-state index contributed by atoms with van der Waals surface area (Å²) in [4.78, 5) is 16.9. The zero-order valence-corrected chi connectivity index (χ0v) is 16.2. The average Bonchev–Trinajstić information content (AvgIpc) is 2.67. The van der Waals surface area contributed by atoms with E-state index in [1.165, 1.54) is 5.56 Å². The third kappa shape index (κ3) is 5.30. The number of piperazine rings is 1. The zero-order chi connectivity index (χ0) is 19.2. The third-order valence-corrected chi connectivity index (χ3v) is 5.27. The quantitative estimate of drug-likeness (QED) is 0.862. The Kier molecular flexibility index (Phi) is 6.46. The van der Waals surface area contributed by atoms with Crippen molar-refractivity contribution < 1.29 is 4.79 Å². The van der Waals surface area contributed by atoms with E-state index in [4.69, 9.17) is 16.9 Å². The van der Waals surface area contributed by atoms with Crippen molar-refractivity contribution in [3.63, 3.8) is 0 Å². The van der Waals surface area contributed by atoms with Crippen molar-refractivity contribution in [3.05, 3.63) is 64.2 Å². The lowest BCUT2D eigenvalue weighted by molar-refractivity contribution is -0.117. The van der Waals surface area contributed by atoms with E-state index in [-0.39, 0.29) is 5.91 Å². The molecule has 0 unspecified atom stereocenters. The highest BCUT2D eigenvalue weighted by Crippen LogP contribution is 2.22. The van der Waals surface area contributed by atoms with Gasteiger partial charge in [0.25, 0.3) is 0 Å². The van der Waals surface area contributed by atoms with Gasteiger partial charge in [-0.3, -0.25) is 14.6 Å². The number of benzene rings is 2. The Balaban J connectivity index is 1.45. The highest BCUT2D eigenvalue weighted by Gasteiger charge is 2.19. The number of amides is 1.